The Hall–Kier alpha value is -7.82. The molecule has 0 fully saturated rings. The molecule has 1 aliphatic rings. The molecule has 0 saturated heterocycles. The van der Waals surface area contributed by atoms with Gasteiger partial charge in [-0.05, 0) is 123 Å². The Bertz CT molecular complexity index is 3520. The lowest BCUT2D eigenvalue weighted by atomic mass is 10.1. The average molecular weight is 769 g/mol. The highest BCUT2D eigenvalue weighted by atomic mass is 15.1. The maximum Gasteiger partial charge on any atom is 0.0542 e. The van der Waals surface area contributed by atoms with Gasteiger partial charge in [0, 0.05) is 66.5 Å². The molecular weight excluding hydrogens is 729 g/mol. The van der Waals surface area contributed by atoms with E-state index >= 15 is 0 Å². The third-order valence-electron chi connectivity index (χ3n) is 12.3. The van der Waals surface area contributed by atoms with Crippen LogP contribution in [-0.2, 0) is 0 Å². The highest BCUT2D eigenvalue weighted by Crippen LogP contribution is 2.43. The lowest BCUT2D eigenvalue weighted by molar-refractivity contribution is 1.16. The standard InChI is InChI=1S/C56H40N4/c1-38-25-27-41(28-26-38)57(42-29-32-54-48(35-42)47-21-11-14-24-53(47)58(54)39-15-5-2-3-6-16-39)43-30-33-55-49(36-43)50-37-44(31-34-56(50)59(55)40-17-7-4-8-18-40)60-51-22-12-9-19-45(51)46-20-10-13-23-52(46)60/h2,4-37H,3H2,1H3. The molecule has 60 heavy (non-hydrogen) atoms. The van der Waals surface area contributed by atoms with Crippen molar-refractivity contribution in [2.75, 3.05) is 4.90 Å². The molecule has 0 atom stereocenters. The third-order valence-corrected chi connectivity index (χ3v) is 12.3. The number of fused-ring (bicyclic) bond motifs is 9. The molecule has 0 unspecified atom stereocenters. The summed E-state index contributed by atoms with van der Waals surface area (Å²) in [6.45, 7) is 2.15. The van der Waals surface area contributed by atoms with Gasteiger partial charge < -0.3 is 18.6 Å². The van der Waals surface area contributed by atoms with Crippen LogP contribution in [0, 0.1) is 6.92 Å². The van der Waals surface area contributed by atoms with Crippen molar-refractivity contribution < 1.29 is 0 Å². The van der Waals surface area contributed by atoms with Crippen molar-refractivity contribution in [1.29, 1.82) is 0 Å². The van der Waals surface area contributed by atoms with Crippen molar-refractivity contribution in [2.24, 2.45) is 0 Å². The van der Waals surface area contributed by atoms with Crippen molar-refractivity contribution in [3.05, 3.63) is 218 Å². The van der Waals surface area contributed by atoms with Crippen molar-refractivity contribution >= 4 is 88.2 Å². The molecule has 12 rings (SSSR count). The van der Waals surface area contributed by atoms with E-state index in [-0.39, 0.29) is 0 Å². The summed E-state index contributed by atoms with van der Waals surface area (Å²) in [6, 6.07) is 66.9. The molecule has 0 radical (unpaired) electrons. The predicted octanol–water partition coefficient (Wildman–Crippen LogP) is 15.1. The summed E-state index contributed by atoms with van der Waals surface area (Å²) in [5.41, 5.74) is 15.1. The molecule has 0 amide bonds. The monoisotopic (exact) mass is 768 g/mol. The zero-order valence-corrected chi connectivity index (χ0v) is 33.2. The fourth-order valence-corrected chi connectivity index (χ4v) is 9.57. The summed E-state index contributed by atoms with van der Waals surface area (Å²) >= 11 is 0. The smallest absolute Gasteiger partial charge is 0.0542 e. The molecule has 4 nitrogen and oxygen atoms in total. The zero-order chi connectivity index (χ0) is 39.7. The van der Waals surface area contributed by atoms with Gasteiger partial charge >= 0.3 is 0 Å². The molecule has 0 saturated carbocycles. The van der Waals surface area contributed by atoms with Crippen molar-refractivity contribution in [2.45, 2.75) is 13.3 Å². The summed E-state index contributed by atoms with van der Waals surface area (Å²) in [5, 5.41) is 7.38. The summed E-state index contributed by atoms with van der Waals surface area (Å²) in [7, 11) is 0. The number of allylic oxidation sites excluding steroid dienone is 6. The summed E-state index contributed by atoms with van der Waals surface area (Å²) in [4.78, 5) is 2.42. The van der Waals surface area contributed by atoms with E-state index in [0.29, 0.717) is 0 Å². The molecular formula is C56H40N4. The first-order chi connectivity index (χ1) is 29.7. The Morgan fingerprint density at radius 2 is 0.867 bits per heavy atom. The van der Waals surface area contributed by atoms with Crippen LogP contribution in [0.15, 0.2) is 212 Å². The first-order valence-electron chi connectivity index (χ1n) is 20.8. The van der Waals surface area contributed by atoms with E-state index in [4.69, 9.17) is 0 Å². The topological polar surface area (TPSA) is 18.0 Å². The van der Waals surface area contributed by atoms with Gasteiger partial charge in [-0.15, -0.1) is 0 Å². The first kappa shape index (κ1) is 34.2. The highest BCUT2D eigenvalue weighted by molar-refractivity contribution is 6.14. The van der Waals surface area contributed by atoms with E-state index in [0.717, 1.165) is 34.9 Å². The normalized spacial score (nSPS) is 13.0. The summed E-state index contributed by atoms with van der Waals surface area (Å²) in [6.07, 6.45) is 12.0. The molecule has 11 aromatic rings. The van der Waals surface area contributed by atoms with Gasteiger partial charge in [0.05, 0.1) is 33.1 Å². The molecule has 0 aliphatic heterocycles. The Morgan fingerprint density at radius 1 is 0.383 bits per heavy atom. The van der Waals surface area contributed by atoms with Gasteiger partial charge in [0.15, 0.2) is 0 Å². The second-order valence-corrected chi connectivity index (χ2v) is 15.8. The van der Waals surface area contributed by atoms with Crippen LogP contribution in [0.25, 0.3) is 82.5 Å². The molecule has 0 N–H and O–H groups in total. The number of nitrogens with zero attached hydrogens (tertiary/aromatic N) is 4. The second-order valence-electron chi connectivity index (χ2n) is 15.8. The van der Waals surface area contributed by atoms with Crippen LogP contribution in [0.3, 0.4) is 0 Å². The van der Waals surface area contributed by atoms with E-state index in [1.807, 2.05) is 0 Å². The fraction of sp³-hybridized carbons (Fsp3) is 0.0357. The van der Waals surface area contributed by atoms with Crippen molar-refractivity contribution in [1.82, 2.24) is 13.7 Å². The maximum absolute atomic E-state index is 2.42. The van der Waals surface area contributed by atoms with E-state index in [9.17, 15) is 0 Å². The minimum atomic E-state index is 0.933. The van der Waals surface area contributed by atoms with Gasteiger partial charge in [-0.3, -0.25) is 0 Å². The number of aryl methyl sites for hydroxylation is 1. The third kappa shape index (κ3) is 5.31. The molecule has 4 heteroatoms. The molecule has 3 heterocycles. The van der Waals surface area contributed by atoms with Crippen LogP contribution in [0.4, 0.5) is 17.1 Å². The van der Waals surface area contributed by atoms with Crippen LogP contribution in [0.1, 0.15) is 12.0 Å². The van der Waals surface area contributed by atoms with E-state index < -0.39 is 0 Å². The van der Waals surface area contributed by atoms with E-state index in [1.165, 1.54) is 76.7 Å². The minimum absolute atomic E-state index is 0.933. The van der Waals surface area contributed by atoms with E-state index in [2.05, 4.69) is 238 Å². The van der Waals surface area contributed by atoms with Crippen molar-refractivity contribution in [3.8, 4) is 11.4 Å². The highest BCUT2D eigenvalue weighted by Gasteiger charge is 2.21. The number of hydrogen-bond acceptors (Lipinski definition) is 1. The number of anilines is 3. The molecule has 3 aromatic heterocycles. The van der Waals surface area contributed by atoms with Crippen LogP contribution >= 0.6 is 0 Å². The summed E-state index contributed by atoms with van der Waals surface area (Å²) < 4.78 is 7.23. The number of rotatable bonds is 6. The Labute approximate surface area is 348 Å². The SMILES string of the molecule is Cc1ccc(N(c2ccc3c(c2)c2ccccc2n3C2=CC=CCC=C2)c2ccc3c(c2)c2cc(-n4c5ccccc5c5ccccc54)ccc2n3-c2ccccc2)cc1. The average Bonchev–Trinajstić information content (AvgIpc) is 3.83. The molecule has 8 aromatic carbocycles. The van der Waals surface area contributed by atoms with Gasteiger partial charge in [-0.1, -0.05) is 109 Å². The largest absolute Gasteiger partial charge is 0.310 e. The van der Waals surface area contributed by atoms with Gasteiger partial charge in [-0.2, -0.15) is 0 Å². The number of hydrogen-bond donors (Lipinski definition) is 0. The fourth-order valence-electron chi connectivity index (χ4n) is 9.57. The molecule has 0 bridgehead atoms. The Morgan fingerprint density at radius 3 is 1.53 bits per heavy atom. The van der Waals surface area contributed by atoms with Crippen LogP contribution < -0.4 is 4.90 Å². The Balaban J connectivity index is 1.10. The number of para-hydroxylation sites is 4. The molecule has 1 aliphatic carbocycles. The lowest BCUT2D eigenvalue weighted by Gasteiger charge is -2.26. The first-order valence-corrected chi connectivity index (χ1v) is 20.8. The van der Waals surface area contributed by atoms with Crippen molar-refractivity contribution in [3.63, 3.8) is 0 Å². The van der Waals surface area contributed by atoms with Gasteiger partial charge in [-0.25, -0.2) is 0 Å². The van der Waals surface area contributed by atoms with Crippen LogP contribution in [0.2, 0.25) is 0 Å². The van der Waals surface area contributed by atoms with Gasteiger partial charge in [0.25, 0.3) is 0 Å². The number of aromatic nitrogens is 3. The molecule has 0 spiro atoms. The van der Waals surface area contributed by atoms with Crippen LogP contribution in [-0.4, -0.2) is 13.7 Å². The van der Waals surface area contributed by atoms with Crippen LogP contribution in [0.5, 0.6) is 0 Å². The predicted molar refractivity (Wildman–Crippen MR) is 255 cm³/mol. The molecule has 284 valence electrons. The zero-order valence-electron chi connectivity index (χ0n) is 33.2. The second kappa shape index (κ2) is 13.6. The minimum Gasteiger partial charge on any atom is -0.310 e. The van der Waals surface area contributed by atoms with E-state index in [1.54, 1.807) is 0 Å². The Kier molecular flexibility index (Phi) is 7.79. The summed E-state index contributed by atoms with van der Waals surface area (Å²) in [5.74, 6) is 0. The quantitative estimate of drug-likeness (QED) is 0.165. The lowest BCUT2D eigenvalue weighted by Crippen LogP contribution is -2.10. The number of benzene rings is 8. The maximum atomic E-state index is 2.42. The van der Waals surface area contributed by atoms with Gasteiger partial charge in [0.1, 0.15) is 0 Å². The van der Waals surface area contributed by atoms with Gasteiger partial charge in [0.2, 0.25) is 0 Å².